The third-order valence-electron chi connectivity index (χ3n) is 13.1. The van der Waals surface area contributed by atoms with Crippen molar-refractivity contribution >= 4 is 0 Å². The smallest absolute Gasteiger partial charge is 0.0568 e. The lowest BCUT2D eigenvalue weighted by Crippen LogP contribution is -2.55. The number of allylic oxidation sites excluding steroid dienone is 1. The van der Waals surface area contributed by atoms with Crippen LogP contribution in [-0.2, 0) is 0 Å². The molecule has 5 saturated carbocycles. The van der Waals surface area contributed by atoms with Gasteiger partial charge >= 0.3 is 0 Å². The van der Waals surface area contributed by atoms with Gasteiger partial charge in [-0.25, -0.2) is 0 Å². The van der Waals surface area contributed by atoms with Crippen LogP contribution in [0.2, 0.25) is 0 Å². The molecule has 0 saturated heterocycles. The van der Waals surface area contributed by atoms with Crippen LogP contribution in [0.1, 0.15) is 112 Å². The fraction of sp³-hybridized carbons (Fsp3) is 0.933. The van der Waals surface area contributed by atoms with E-state index in [1.165, 1.54) is 69.8 Å². The van der Waals surface area contributed by atoms with Gasteiger partial charge in [-0.15, -0.1) is 0 Å². The van der Waals surface area contributed by atoms with E-state index in [-0.39, 0.29) is 6.10 Å². The lowest BCUT2D eigenvalue weighted by molar-refractivity contribution is -0.142. The molecule has 0 aromatic rings. The zero-order valence-corrected chi connectivity index (χ0v) is 21.5. The summed E-state index contributed by atoms with van der Waals surface area (Å²) in [5, 5.41) is 10.6. The lowest BCUT2D eigenvalue weighted by atomic mass is 9.43. The fourth-order valence-corrected chi connectivity index (χ4v) is 10.9. The molecule has 5 fully saturated rings. The second-order valence-corrected chi connectivity index (χ2v) is 14.0. The van der Waals surface area contributed by atoms with Crippen LogP contribution in [0.4, 0.5) is 0 Å². The molecule has 0 radical (unpaired) electrons. The Morgan fingerprint density at radius 3 is 2.39 bits per heavy atom. The zero-order valence-electron chi connectivity index (χ0n) is 21.5. The van der Waals surface area contributed by atoms with Crippen LogP contribution >= 0.6 is 0 Å². The molecule has 0 aliphatic heterocycles. The van der Waals surface area contributed by atoms with Crippen molar-refractivity contribution in [1.82, 2.24) is 0 Å². The number of aliphatic hydroxyl groups excluding tert-OH is 1. The minimum absolute atomic E-state index is 0.0356. The molecule has 5 rings (SSSR count). The highest BCUT2D eigenvalue weighted by Crippen LogP contribution is 2.88. The van der Waals surface area contributed by atoms with Crippen molar-refractivity contribution < 1.29 is 5.11 Å². The van der Waals surface area contributed by atoms with Crippen molar-refractivity contribution in [3.63, 3.8) is 0 Å². The lowest BCUT2D eigenvalue weighted by Gasteiger charge is -2.62. The highest BCUT2D eigenvalue weighted by molar-refractivity contribution is 5.29. The van der Waals surface area contributed by atoms with Crippen LogP contribution in [0.3, 0.4) is 0 Å². The number of rotatable bonds is 5. The van der Waals surface area contributed by atoms with Crippen molar-refractivity contribution in [3.8, 4) is 0 Å². The molecule has 0 unspecified atom stereocenters. The van der Waals surface area contributed by atoms with Gasteiger partial charge in [0.2, 0.25) is 0 Å². The van der Waals surface area contributed by atoms with Gasteiger partial charge in [0.25, 0.3) is 0 Å². The van der Waals surface area contributed by atoms with Gasteiger partial charge in [-0.05, 0) is 128 Å². The average molecular weight is 427 g/mol. The molecule has 31 heavy (non-hydrogen) atoms. The molecule has 0 amide bonds. The van der Waals surface area contributed by atoms with Gasteiger partial charge in [0.05, 0.1) is 6.10 Å². The summed E-state index contributed by atoms with van der Waals surface area (Å²) >= 11 is 0. The van der Waals surface area contributed by atoms with E-state index in [4.69, 9.17) is 0 Å². The molecular formula is C30H50O. The number of fused-ring (bicyclic) bond motifs is 2. The van der Waals surface area contributed by atoms with Crippen LogP contribution in [0, 0.1) is 57.2 Å². The van der Waals surface area contributed by atoms with E-state index in [0.29, 0.717) is 33.5 Å². The summed E-state index contributed by atoms with van der Waals surface area (Å²) in [7, 11) is 0. The Balaban J connectivity index is 1.37. The Morgan fingerprint density at radius 1 is 0.935 bits per heavy atom. The molecule has 0 aromatic heterocycles. The van der Waals surface area contributed by atoms with Crippen LogP contribution in [0.25, 0.3) is 0 Å². The Bertz CT molecular complexity index is 739. The first-order chi connectivity index (χ1) is 14.5. The SMILES string of the molecule is C=C(CC[C@@H](C)[C@H]1CC[C@@]2(C)[C@H]3CC[C@@H]4[C@H](C)[C@@H](O)CC[C@@]45C[C@@]35CC[C@]12C)C(C)C. The molecule has 5 aliphatic carbocycles. The van der Waals surface area contributed by atoms with Gasteiger partial charge in [0.1, 0.15) is 0 Å². The van der Waals surface area contributed by atoms with E-state index >= 15 is 0 Å². The van der Waals surface area contributed by atoms with Crippen molar-refractivity contribution in [2.75, 3.05) is 0 Å². The van der Waals surface area contributed by atoms with E-state index in [1.807, 2.05) is 0 Å². The summed E-state index contributed by atoms with van der Waals surface area (Å²) in [5.41, 5.74) is 3.76. The van der Waals surface area contributed by atoms with Gasteiger partial charge in [-0.1, -0.05) is 53.7 Å². The van der Waals surface area contributed by atoms with Crippen LogP contribution in [0.5, 0.6) is 0 Å². The normalized spacial score (nSPS) is 53.9. The summed E-state index contributed by atoms with van der Waals surface area (Å²) in [6.45, 7) is 19.4. The molecular weight excluding hydrogens is 376 g/mol. The third-order valence-corrected chi connectivity index (χ3v) is 13.1. The molecule has 1 nitrogen and oxygen atoms in total. The predicted molar refractivity (Wildman–Crippen MR) is 131 cm³/mol. The highest BCUT2D eigenvalue weighted by atomic mass is 16.3. The molecule has 0 heterocycles. The monoisotopic (exact) mass is 426 g/mol. The Hall–Kier alpha value is -0.300. The molecule has 5 aliphatic rings. The molecule has 1 N–H and O–H groups in total. The maximum atomic E-state index is 10.6. The van der Waals surface area contributed by atoms with Gasteiger partial charge in [0, 0.05) is 0 Å². The zero-order chi connectivity index (χ0) is 22.4. The second kappa shape index (κ2) is 7.10. The van der Waals surface area contributed by atoms with E-state index in [0.717, 1.165) is 30.1 Å². The number of hydrogen-bond donors (Lipinski definition) is 1. The number of aliphatic hydroxyl groups is 1. The minimum atomic E-state index is -0.0356. The van der Waals surface area contributed by atoms with E-state index in [9.17, 15) is 5.11 Å². The second-order valence-electron chi connectivity index (χ2n) is 14.0. The maximum Gasteiger partial charge on any atom is 0.0568 e. The minimum Gasteiger partial charge on any atom is -0.393 e. The third kappa shape index (κ3) is 2.77. The van der Waals surface area contributed by atoms with Gasteiger partial charge in [0.15, 0.2) is 0 Å². The highest BCUT2D eigenvalue weighted by Gasteiger charge is 2.81. The topological polar surface area (TPSA) is 20.2 Å². The molecule has 1 heteroatoms. The van der Waals surface area contributed by atoms with E-state index < -0.39 is 0 Å². The Kier molecular flexibility index (Phi) is 5.15. The molecule has 2 spiro atoms. The van der Waals surface area contributed by atoms with Crippen molar-refractivity contribution in [1.29, 1.82) is 0 Å². The number of hydrogen-bond acceptors (Lipinski definition) is 1. The summed E-state index contributed by atoms with van der Waals surface area (Å²) in [5.74, 6) is 4.63. The molecule has 176 valence electrons. The van der Waals surface area contributed by atoms with Gasteiger partial charge in [-0.3, -0.25) is 0 Å². The summed E-state index contributed by atoms with van der Waals surface area (Å²) in [6, 6.07) is 0. The largest absolute Gasteiger partial charge is 0.393 e. The van der Waals surface area contributed by atoms with E-state index in [1.54, 1.807) is 0 Å². The van der Waals surface area contributed by atoms with Crippen LogP contribution in [-0.4, -0.2) is 11.2 Å². The predicted octanol–water partition coefficient (Wildman–Crippen LogP) is 8.02. The Morgan fingerprint density at radius 2 is 1.68 bits per heavy atom. The van der Waals surface area contributed by atoms with Crippen LogP contribution < -0.4 is 0 Å². The first-order valence-corrected chi connectivity index (χ1v) is 13.9. The van der Waals surface area contributed by atoms with Gasteiger partial charge < -0.3 is 5.11 Å². The maximum absolute atomic E-state index is 10.6. The van der Waals surface area contributed by atoms with Crippen molar-refractivity contribution in [2.45, 2.75) is 118 Å². The summed E-state index contributed by atoms with van der Waals surface area (Å²) in [4.78, 5) is 0. The fourth-order valence-electron chi connectivity index (χ4n) is 10.9. The quantitative estimate of drug-likeness (QED) is 0.441. The van der Waals surface area contributed by atoms with Crippen LogP contribution in [0.15, 0.2) is 12.2 Å². The first-order valence-electron chi connectivity index (χ1n) is 13.9. The van der Waals surface area contributed by atoms with Gasteiger partial charge in [-0.2, -0.15) is 0 Å². The first kappa shape index (κ1) is 22.5. The average Bonchev–Trinajstić information content (AvgIpc) is 3.31. The Labute approximate surface area is 192 Å². The molecule has 10 atom stereocenters. The molecule has 0 bridgehead atoms. The van der Waals surface area contributed by atoms with E-state index in [2.05, 4.69) is 48.1 Å². The van der Waals surface area contributed by atoms with Crippen molar-refractivity contribution in [2.24, 2.45) is 57.2 Å². The molecule has 0 aromatic carbocycles. The summed E-state index contributed by atoms with van der Waals surface area (Å²) < 4.78 is 0. The van der Waals surface area contributed by atoms with Crippen molar-refractivity contribution in [3.05, 3.63) is 12.2 Å². The standard InChI is InChI=1S/C30H50O/c1-19(2)20(3)8-9-21(4)23-12-14-28(7)26-11-10-24-22(5)25(31)13-15-29(24)18-30(26,29)17-16-27(23,28)6/h19,21-26,31H,3,8-18H2,1-2,4-7H3/t21-,22+,23-,24-,25+,26-,27-,28+,29-,30+/m1/s1. The summed E-state index contributed by atoms with van der Waals surface area (Å²) in [6.07, 6.45) is 15.1.